The molecule has 4 aliphatic heterocycles. The lowest BCUT2D eigenvalue weighted by Crippen LogP contribution is -2.72. The van der Waals surface area contributed by atoms with Gasteiger partial charge >= 0.3 is 5.97 Å². The number of carbonyl (C=O) groups is 4. The molecule has 4 aliphatic rings. The van der Waals surface area contributed by atoms with E-state index < -0.39 is 198 Å². The van der Waals surface area contributed by atoms with Gasteiger partial charge in [0.2, 0.25) is 17.7 Å². The maximum absolute atomic E-state index is 13.6. The van der Waals surface area contributed by atoms with Crippen LogP contribution in [0.4, 0.5) is 0 Å². The maximum Gasteiger partial charge on any atom is 0.364 e. The standard InChI is InChI=1S/C65H117N3O26/c1-5-7-9-11-13-15-17-19-21-23-25-27-29-31-42(75)41(68-48(78)32-30-28-26-24-22-20-18-16-14-12-10-8-6-2)38-87-62-55(83)54(82)57(46(36-71)89-62)91-63-56(84)60(58(47(37-72)90-63)92-61-50(67-40(4)74)53(81)52(80)45(35-70)88-61)94-65(64(85)86)33-43(76)49(66-39(3)73)59(93-65)51(79)44(77)34-69/h29,31,41-47,49-63,69-72,75-77,79-84H,5-28,30,32-38H2,1-4H3,(H,66,73)(H,67,74)(H,68,78)(H,85,86)/b31-29+/t41-,42+,43?,44+,45?,46?,47?,49+,50?,51+,52-,53+,54+,55?,56?,57+,58-,59?,60+,61-,62+,63-,65-/m0/s1. The second kappa shape index (κ2) is 44.7. The van der Waals surface area contributed by atoms with Crippen molar-refractivity contribution in [2.45, 2.75) is 342 Å². The molecule has 0 saturated carbocycles. The number of unbranched alkanes of at least 4 members (excludes halogenated alkanes) is 23. The van der Waals surface area contributed by atoms with Crippen LogP contribution in [0.5, 0.6) is 0 Å². The van der Waals surface area contributed by atoms with E-state index in [0.717, 1.165) is 65.2 Å². The number of aliphatic carboxylic acids is 1. The van der Waals surface area contributed by atoms with Crippen molar-refractivity contribution in [1.29, 1.82) is 0 Å². The number of ether oxygens (including phenoxy) is 8. The molecule has 0 aromatic carbocycles. The van der Waals surface area contributed by atoms with Crippen molar-refractivity contribution in [3.05, 3.63) is 12.2 Å². The molecule has 23 atom stereocenters. The van der Waals surface area contributed by atoms with Gasteiger partial charge in [0.25, 0.3) is 5.79 Å². The maximum atomic E-state index is 13.6. The van der Waals surface area contributed by atoms with Gasteiger partial charge < -0.3 is 125 Å². The highest BCUT2D eigenvalue weighted by Crippen LogP contribution is 2.40. The first-order chi connectivity index (χ1) is 45.0. The van der Waals surface area contributed by atoms with Crippen molar-refractivity contribution >= 4 is 23.7 Å². The quantitative estimate of drug-likeness (QED) is 0.0289. The minimum absolute atomic E-state index is 0.161. The molecule has 548 valence electrons. The molecule has 94 heavy (non-hydrogen) atoms. The SMILES string of the molecule is CCCCCCCCCCCCC/C=C/[C@@H](O)[C@H](CO[C@@H]1OC(CO)[C@@H](O[C@@H]2OC(CO)[C@H](O[C@@H]3OC(CO)[C@H](O)[C@H](O)C3NC(C)=O)[C@H](O[C@]3(C(=O)O)CC(O)[C@@H](NC(C)=O)C([C@H](O)[C@H](O)CO)O3)C2O)[C@H](O)C1O)NC(=O)CCCCCCCCCCCCCCC. The Kier molecular flexibility index (Phi) is 39.6. The number of aliphatic hydroxyl groups excluding tert-OH is 13. The Labute approximate surface area is 553 Å². The van der Waals surface area contributed by atoms with Gasteiger partial charge in [-0.15, -0.1) is 0 Å². The molecule has 29 heteroatoms. The van der Waals surface area contributed by atoms with E-state index >= 15 is 0 Å². The Morgan fingerprint density at radius 1 is 0.553 bits per heavy atom. The molecule has 0 aromatic rings. The Morgan fingerprint density at radius 2 is 1.03 bits per heavy atom. The minimum atomic E-state index is -3.28. The topological polar surface area (TPSA) is 461 Å². The van der Waals surface area contributed by atoms with E-state index in [1.807, 2.05) is 6.08 Å². The summed E-state index contributed by atoms with van der Waals surface area (Å²) < 4.78 is 47.8. The summed E-state index contributed by atoms with van der Waals surface area (Å²) in [6, 6.07) is -4.52. The minimum Gasteiger partial charge on any atom is -0.477 e. The van der Waals surface area contributed by atoms with Crippen LogP contribution in [-0.4, -0.2) is 269 Å². The summed E-state index contributed by atoms with van der Waals surface area (Å²) in [6.45, 7) is 1.71. The van der Waals surface area contributed by atoms with Crippen LogP contribution in [0.3, 0.4) is 0 Å². The molecule has 0 radical (unpaired) electrons. The second-order valence-electron chi connectivity index (χ2n) is 25.8. The van der Waals surface area contributed by atoms with E-state index in [2.05, 4.69) is 29.8 Å². The van der Waals surface area contributed by atoms with E-state index in [0.29, 0.717) is 12.8 Å². The van der Waals surface area contributed by atoms with Gasteiger partial charge in [0.05, 0.1) is 57.3 Å². The van der Waals surface area contributed by atoms with Crippen molar-refractivity contribution in [3.8, 4) is 0 Å². The average Bonchev–Trinajstić information content (AvgIpc) is 0.755. The number of aliphatic hydroxyl groups is 13. The predicted octanol–water partition coefficient (Wildman–Crippen LogP) is 0.353. The van der Waals surface area contributed by atoms with Crippen LogP contribution >= 0.6 is 0 Å². The number of carboxylic acids is 1. The monoisotopic (exact) mass is 1360 g/mol. The average molecular weight is 1360 g/mol. The summed E-state index contributed by atoms with van der Waals surface area (Å²) in [5.41, 5.74) is 0. The summed E-state index contributed by atoms with van der Waals surface area (Å²) in [5, 5.41) is 163. The number of amides is 3. The van der Waals surface area contributed by atoms with Crippen molar-refractivity contribution in [2.75, 3.05) is 33.0 Å². The van der Waals surface area contributed by atoms with Gasteiger partial charge in [-0.2, -0.15) is 0 Å². The molecule has 0 spiro atoms. The predicted molar refractivity (Wildman–Crippen MR) is 336 cm³/mol. The highest BCUT2D eigenvalue weighted by atomic mass is 16.8. The van der Waals surface area contributed by atoms with E-state index in [1.165, 1.54) is 96.3 Å². The van der Waals surface area contributed by atoms with Crippen molar-refractivity contribution in [3.63, 3.8) is 0 Å². The van der Waals surface area contributed by atoms with Crippen LogP contribution in [-0.2, 0) is 57.1 Å². The number of nitrogens with one attached hydrogen (secondary N) is 3. The van der Waals surface area contributed by atoms with E-state index in [9.17, 15) is 90.7 Å². The Bertz CT molecular complexity index is 2140. The largest absolute Gasteiger partial charge is 0.477 e. The van der Waals surface area contributed by atoms with Crippen molar-refractivity contribution < 1.29 is 129 Å². The third-order valence-corrected chi connectivity index (χ3v) is 18.0. The lowest BCUT2D eigenvalue weighted by atomic mass is 9.88. The summed E-state index contributed by atoms with van der Waals surface area (Å²) >= 11 is 0. The molecule has 29 nitrogen and oxygen atoms in total. The third kappa shape index (κ3) is 26.5. The van der Waals surface area contributed by atoms with Crippen LogP contribution < -0.4 is 16.0 Å². The zero-order valence-corrected chi connectivity index (χ0v) is 55.6. The number of hydrogen-bond acceptors (Lipinski definition) is 25. The van der Waals surface area contributed by atoms with E-state index in [4.69, 9.17) is 37.9 Å². The number of allylic oxidation sites excluding steroid dienone is 1. The van der Waals surface area contributed by atoms with Crippen molar-refractivity contribution in [2.24, 2.45) is 0 Å². The first kappa shape index (κ1) is 83.2. The summed E-state index contributed by atoms with van der Waals surface area (Å²) in [6.07, 6.45) is -7.38. The van der Waals surface area contributed by atoms with Gasteiger partial charge in [0.15, 0.2) is 18.9 Å². The Balaban J connectivity index is 1.56. The number of carboxylic acid groups (broad SMARTS) is 1. The molecular formula is C65H117N3O26. The molecule has 4 saturated heterocycles. The van der Waals surface area contributed by atoms with E-state index in [-0.39, 0.29) is 12.3 Å². The second-order valence-corrected chi connectivity index (χ2v) is 25.8. The summed E-state index contributed by atoms with van der Waals surface area (Å²) in [7, 11) is 0. The molecule has 4 heterocycles. The molecule has 4 fully saturated rings. The highest BCUT2D eigenvalue weighted by molar-refractivity contribution is 5.77. The van der Waals surface area contributed by atoms with Crippen LogP contribution in [0.25, 0.3) is 0 Å². The fourth-order valence-electron chi connectivity index (χ4n) is 12.5. The van der Waals surface area contributed by atoms with Crippen LogP contribution in [0.2, 0.25) is 0 Å². The van der Waals surface area contributed by atoms with Crippen LogP contribution in [0.15, 0.2) is 12.2 Å². The number of hydrogen-bond donors (Lipinski definition) is 17. The highest BCUT2D eigenvalue weighted by Gasteiger charge is 2.61. The van der Waals surface area contributed by atoms with Gasteiger partial charge in [-0.3, -0.25) is 14.4 Å². The zero-order chi connectivity index (χ0) is 69.3. The van der Waals surface area contributed by atoms with Gasteiger partial charge in [-0.1, -0.05) is 167 Å². The summed E-state index contributed by atoms with van der Waals surface area (Å²) in [4.78, 5) is 51.8. The third-order valence-electron chi connectivity index (χ3n) is 18.0. The van der Waals surface area contributed by atoms with Crippen LogP contribution in [0.1, 0.15) is 201 Å². The lowest BCUT2D eigenvalue weighted by Gasteiger charge is -2.52. The normalized spacial score (nSPS) is 32.8. The molecule has 4 rings (SSSR count). The number of rotatable bonds is 47. The van der Waals surface area contributed by atoms with Crippen LogP contribution in [0, 0.1) is 0 Å². The molecule has 3 amide bonds. The van der Waals surface area contributed by atoms with Gasteiger partial charge in [-0.05, 0) is 19.3 Å². The molecular weight excluding hydrogens is 1240 g/mol. The first-order valence-corrected chi connectivity index (χ1v) is 34.6. The fourth-order valence-corrected chi connectivity index (χ4v) is 12.5. The Hall–Kier alpha value is -3.22. The molecule has 17 N–H and O–H groups in total. The zero-order valence-electron chi connectivity index (χ0n) is 55.6. The van der Waals surface area contributed by atoms with E-state index in [1.54, 1.807) is 6.08 Å². The smallest absolute Gasteiger partial charge is 0.364 e. The number of carbonyl (C=O) groups excluding carboxylic acids is 3. The molecule has 0 aliphatic carbocycles. The molecule has 0 bridgehead atoms. The van der Waals surface area contributed by atoms with Gasteiger partial charge in [-0.25, -0.2) is 4.79 Å². The van der Waals surface area contributed by atoms with Crippen molar-refractivity contribution in [1.82, 2.24) is 16.0 Å². The fraction of sp³-hybridized carbons (Fsp3) is 0.908. The van der Waals surface area contributed by atoms with Gasteiger partial charge in [0, 0.05) is 26.7 Å². The van der Waals surface area contributed by atoms with Gasteiger partial charge in [0.1, 0.15) is 91.5 Å². The first-order valence-electron chi connectivity index (χ1n) is 34.6. The molecule has 0 aromatic heterocycles. The lowest BCUT2D eigenvalue weighted by molar-refractivity contribution is -0.401. The molecule has 8 unspecified atom stereocenters. The Morgan fingerprint density at radius 3 is 1.54 bits per heavy atom. The summed E-state index contributed by atoms with van der Waals surface area (Å²) in [5.74, 6) is -7.37.